The first kappa shape index (κ1) is 21.2. The fourth-order valence-corrected chi connectivity index (χ4v) is 2.15. The Morgan fingerprint density at radius 2 is 1.88 bits per heavy atom. The lowest BCUT2D eigenvalue weighted by Gasteiger charge is -2.22. The summed E-state index contributed by atoms with van der Waals surface area (Å²) in [7, 11) is 3.34. The normalized spacial score (nSPS) is 10.9. The van der Waals surface area contributed by atoms with Crippen molar-refractivity contribution in [1.82, 2.24) is 15.8 Å². The second-order valence-corrected chi connectivity index (χ2v) is 7.12. The van der Waals surface area contributed by atoms with Crippen LogP contribution in [0.1, 0.15) is 32.8 Å². The van der Waals surface area contributed by atoms with Gasteiger partial charge in [-0.25, -0.2) is 0 Å². The predicted molar refractivity (Wildman–Crippen MR) is 104 cm³/mol. The summed E-state index contributed by atoms with van der Waals surface area (Å²) in [6.07, 6.45) is 0.839. The summed E-state index contributed by atoms with van der Waals surface area (Å²) in [5.74, 6) is 0.384. The van der Waals surface area contributed by atoms with E-state index in [1.54, 1.807) is 14.2 Å². The van der Waals surface area contributed by atoms with Crippen molar-refractivity contribution >= 4 is 23.2 Å². The van der Waals surface area contributed by atoms with Crippen LogP contribution in [0, 0.1) is 0 Å². The fraction of sp³-hybridized carbons (Fsp3) is 0.556. The maximum atomic E-state index is 11.9. The van der Waals surface area contributed by atoms with Gasteiger partial charge in [0.15, 0.2) is 11.7 Å². The minimum atomic E-state index is -0.275. The molecular formula is C18H29N3O3S. The van der Waals surface area contributed by atoms with Crippen LogP contribution in [0.4, 0.5) is 0 Å². The molecule has 0 aliphatic rings. The molecule has 1 aromatic rings. The Kier molecular flexibility index (Phi) is 8.65. The van der Waals surface area contributed by atoms with E-state index in [1.807, 2.05) is 24.3 Å². The molecule has 0 spiro atoms. The number of thiocarbonyl (C=S) groups is 1. The van der Waals surface area contributed by atoms with E-state index in [0.29, 0.717) is 24.0 Å². The van der Waals surface area contributed by atoms with Gasteiger partial charge >= 0.3 is 0 Å². The molecule has 1 aromatic carbocycles. The first-order valence-corrected chi connectivity index (χ1v) is 8.68. The molecule has 1 rings (SSSR count). The molecule has 0 aliphatic carbocycles. The summed E-state index contributed by atoms with van der Waals surface area (Å²) in [4.78, 5) is 11.9. The van der Waals surface area contributed by atoms with Crippen molar-refractivity contribution in [3.05, 3.63) is 29.8 Å². The first-order chi connectivity index (χ1) is 11.7. The van der Waals surface area contributed by atoms with E-state index < -0.39 is 0 Å². The number of rotatable bonds is 7. The van der Waals surface area contributed by atoms with E-state index in [0.717, 1.165) is 6.42 Å². The SMILES string of the molecule is COCCCNC(=S)N(C)NC(=O)COc1ccc(C(C)(C)C)cc1. The number of carbonyl (C=O) groups excluding carboxylic acids is 1. The Morgan fingerprint density at radius 1 is 1.24 bits per heavy atom. The molecule has 0 radical (unpaired) electrons. The van der Waals surface area contributed by atoms with E-state index in [-0.39, 0.29) is 17.9 Å². The van der Waals surface area contributed by atoms with Gasteiger partial charge in [-0.2, -0.15) is 0 Å². The van der Waals surface area contributed by atoms with Gasteiger partial charge in [0.2, 0.25) is 0 Å². The number of hydrazine groups is 1. The Morgan fingerprint density at radius 3 is 2.44 bits per heavy atom. The lowest BCUT2D eigenvalue weighted by molar-refractivity contribution is -0.126. The molecule has 25 heavy (non-hydrogen) atoms. The van der Waals surface area contributed by atoms with Crippen LogP contribution in [0.5, 0.6) is 5.75 Å². The van der Waals surface area contributed by atoms with Crippen LogP contribution in [-0.2, 0) is 14.9 Å². The zero-order valence-electron chi connectivity index (χ0n) is 15.7. The largest absolute Gasteiger partial charge is 0.484 e. The smallest absolute Gasteiger partial charge is 0.276 e. The molecule has 7 heteroatoms. The van der Waals surface area contributed by atoms with Gasteiger partial charge in [-0.05, 0) is 41.7 Å². The van der Waals surface area contributed by atoms with Gasteiger partial charge in [-0.1, -0.05) is 32.9 Å². The van der Waals surface area contributed by atoms with Crippen molar-refractivity contribution in [2.45, 2.75) is 32.6 Å². The maximum Gasteiger partial charge on any atom is 0.276 e. The third-order valence-corrected chi connectivity index (χ3v) is 3.91. The number of ether oxygens (including phenoxy) is 2. The second-order valence-electron chi connectivity index (χ2n) is 6.74. The molecule has 0 fully saturated rings. The van der Waals surface area contributed by atoms with Gasteiger partial charge in [-0.15, -0.1) is 0 Å². The zero-order valence-corrected chi connectivity index (χ0v) is 16.5. The highest BCUT2D eigenvalue weighted by atomic mass is 32.1. The van der Waals surface area contributed by atoms with E-state index in [9.17, 15) is 4.79 Å². The van der Waals surface area contributed by atoms with Crippen molar-refractivity contribution in [2.75, 3.05) is 33.9 Å². The molecule has 0 saturated carbocycles. The summed E-state index contributed by atoms with van der Waals surface area (Å²) < 4.78 is 10.5. The monoisotopic (exact) mass is 367 g/mol. The highest BCUT2D eigenvalue weighted by Gasteiger charge is 2.13. The number of amides is 1. The number of benzene rings is 1. The third-order valence-electron chi connectivity index (χ3n) is 3.49. The average Bonchev–Trinajstić information content (AvgIpc) is 2.56. The standard InChI is InChI=1S/C18H29N3O3S/c1-18(2,3)14-7-9-15(10-8-14)24-13-16(22)20-21(4)17(25)19-11-6-12-23-5/h7-10H,6,11-13H2,1-5H3,(H,19,25)(H,20,22). The van der Waals surface area contributed by atoms with Crippen LogP contribution in [0.3, 0.4) is 0 Å². The molecule has 0 bridgehead atoms. The van der Waals surface area contributed by atoms with Gasteiger partial charge in [-0.3, -0.25) is 15.2 Å². The number of hydrogen-bond donors (Lipinski definition) is 2. The van der Waals surface area contributed by atoms with Gasteiger partial charge in [0.25, 0.3) is 5.91 Å². The second kappa shape index (κ2) is 10.2. The molecule has 2 N–H and O–H groups in total. The summed E-state index contributed by atoms with van der Waals surface area (Å²) in [5.41, 5.74) is 3.97. The summed E-state index contributed by atoms with van der Waals surface area (Å²) >= 11 is 5.19. The van der Waals surface area contributed by atoms with Crippen LogP contribution in [0.25, 0.3) is 0 Å². The lowest BCUT2D eigenvalue weighted by atomic mass is 9.87. The summed E-state index contributed by atoms with van der Waals surface area (Å²) in [6.45, 7) is 7.72. The van der Waals surface area contributed by atoms with Gasteiger partial charge in [0, 0.05) is 27.3 Å². The minimum absolute atomic E-state index is 0.0779. The highest BCUT2D eigenvalue weighted by molar-refractivity contribution is 7.80. The molecular weight excluding hydrogens is 338 g/mol. The Balaban J connectivity index is 2.35. The van der Waals surface area contributed by atoms with Crippen molar-refractivity contribution in [1.29, 1.82) is 0 Å². The van der Waals surface area contributed by atoms with Crippen LogP contribution in [0.2, 0.25) is 0 Å². The third kappa shape index (κ3) is 8.18. The van der Waals surface area contributed by atoms with Crippen LogP contribution < -0.4 is 15.5 Å². The van der Waals surface area contributed by atoms with Crippen LogP contribution >= 0.6 is 12.2 Å². The Labute approximate surface area is 155 Å². The van der Waals surface area contributed by atoms with Crippen LogP contribution in [0.15, 0.2) is 24.3 Å². The topological polar surface area (TPSA) is 62.8 Å². The summed E-state index contributed by atoms with van der Waals surface area (Å²) in [5, 5.41) is 4.95. The van der Waals surface area contributed by atoms with Crippen LogP contribution in [-0.4, -0.2) is 49.9 Å². The van der Waals surface area contributed by atoms with E-state index >= 15 is 0 Å². The number of carbonyl (C=O) groups is 1. The molecule has 6 nitrogen and oxygen atoms in total. The Bertz CT molecular complexity index is 556. The number of methoxy groups -OCH3 is 1. The predicted octanol–water partition coefficient (Wildman–Crippen LogP) is 2.24. The molecule has 1 amide bonds. The highest BCUT2D eigenvalue weighted by Crippen LogP contribution is 2.24. The fourth-order valence-electron chi connectivity index (χ4n) is 2.00. The van der Waals surface area contributed by atoms with Gasteiger partial charge in [0.1, 0.15) is 5.75 Å². The number of nitrogens with zero attached hydrogens (tertiary/aromatic N) is 1. The molecule has 0 aliphatic heterocycles. The average molecular weight is 368 g/mol. The Hall–Kier alpha value is -1.86. The van der Waals surface area contributed by atoms with Crippen molar-refractivity contribution in [3.63, 3.8) is 0 Å². The lowest BCUT2D eigenvalue weighted by Crippen LogP contribution is -2.49. The number of nitrogens with one attached hydrogen (secondary N) is 2. The van der Waals surface area contributed by atoms with E-state index in [1.165, 1.54) is 10.6 Å². The van der Waals surface area contributed by atoms with E-state index in [2.05, 4.69) is 31.5 Å². The zero-order chi connectivity index (χ0) is 18.9. The van der Waals surface area contributed by atoms with Gasteiger partial charge < -0.3 is 14.8 Å². The minimum Gasteiger partial charge on any atom is -0.484 e. The van der Waals surface area contributed by atoms with Crippen molar-refractivity contribution < 1.29 is 14.3 Å². The van der Waals surface area contributed by atoms with E-state index in [4.69, 9.17) is 21.7 Å². The van der Waals surface area contributed by atoms with Crippen molar-refractivity contribution in [3.8, 4) is 5.75 Å². The quantitative estimate of drug-likeness (QED) is 0.438. The first-order valence-electron chi connectivity index (χ1n) is 8.27. The van der Waals surface area contributed by atoms with Crippen molar-refractivity contribution in [2.24, 2.45) is 0 Å². The molecule has 0 unspecified atom stereocenters. The molecule has 0 heterocycles. The molecule has 0 aromatic heterocycles. The maximum absolute atomic E-state index is 11.9. The number of hydrogen-bond acceptors (Lipinski definition) is 4. The summed E-state index contributed by atoms with van der Waals surface area (Å²) in [6, 6.07) is 7.77. The molecule has 0 atom stereocenters. The molecule has 0 saturated heterocycles. The van der Waals surface area contributed by atoms with Gasteiger partial charge in [0.05, 0.1) is 0 Å². The molecule has 140 valence electrons.